The third kappa shape index (κ3) is 3.91. The molecule has 1 atom stereocenters. The fourth-order valence-electron chi connectivity index (χ4n) is 2.66. The number of anilines is 1. The zero-order chi connectivity index (χ0) is 16.9. The number of nitrogens with one attached hydrogen (secondary N) is 1. The number of carbonyl (C=O) groups excluding carboxylic acids is 1. The molecule has 1 N–H and O–H groups in total. The fraction of sp³-hybridized carbons (Fsp3) is 0.375. The summed E-state index contributed by atoms with van der Waals surface area (Å²) in [6.07, 6.45) is 6.70. The first kappa shape index (κ1) is 16.4. The quantitative estimate of drug-likeness (QED) is 0.910. The molecule has 1 aliphatic rings. The average Bonchev–Trinajstić information content (AvgIpc) is 2.61. The second kappa shape index (κ2) is 7.44. The Kier molecular flexibility index (Phi) is 5.10. The summed E-state index contributed by atoms with van der Waals surface area (Å²) in [6, 6.07) is 3.40. The van der Waals surface area contributed by atoms with E-state index in [4.69, 9.17) is 16.3 Å². The van der Waals surface area contributed by atoms with Crippen LogP contribution in [0.15, 0.2) is 30.7 Å². The summed E-state index contributed by atoms with van der Waals surface area (Å²) < 4.78 is 6.03. The Morgan fingerprint density at radius 2 is 2.33 bits per heavy atom. The van der Waals surface area contributed by atoms with E-state index in [1.807, 2.05) is 0 Å². The third-order valence-corrected chi connectivity index (χ3v) is 3.97. The Labute approximate surface area is 145 Å². The number of hydrogen-bond acceptors (Lipinski definition) is 6. The van der Waals surface area contributed by atoms with Gasteiger partial charge in [-0.05, 0) is 18.9 Å². The SMILES string of the molecule is CNC(=O)c1cc(O[C@@H]2CCCN(c3cncc(Cl)n3)C2)ccn1. The predicted molar refractivity (Wildman–Crippen MR) is 90.5 cm³/mol. The highest BCUT2D eigenvalue weighted by molar-refractivity contribution is 6.29. The lowest BCUT2D eigenvalue weighted by Gasteiger charge is -2.33. The molecule has 0 bridgehead atoms. The molecule has 126 valence electrons. The Bertz CT molecular complexity index is 727. The van der Waals surface area contributed by atoms with Crippen LogP contribution < -0.4 is 15.0 Å². The van der Waals surface area contributed by atoms with Crippen LogP contribution in [0.1, 0.15) is 23.3 Å². The summed E-state index contributed by atoms with van der Waals surface area (Å²) in [5.41, 5.74) is 0.336. The van der Waals surface area contributed by atoms with Crippen LogP contribution in [0.4, 0.5) is 5.82 Å². The highest BCUT2D eigenvalue weighted by atomic mass is 35.5. The molecule has 3 heterocycles. The Morgan fingerprint density at radius 3 is 3.12 bits per heavy atom. The van der Waals surface area contributed by atoms with Gasteiger partial charge in [-0.25, -0.2) is 4.98 Å². The van der Waals surface area contributed by atoms with E-state index in [2.05, 4.69) is 25.2 Å². The Balaban J connectivity index is 1.68. The van der Waals surface area contributed by atoms with Crippen molar-refractivity contribution in [1.82, 2.24) is 20.3 Å². The zero-order valence-electron chi connectivity index (χ0n) is 13.3. The molecular formula is C16H18ClN5O2. The Hall–Kier alpha value is -2.41. The molecule has 1 fully saturated rings. The van der Waals surface area contributed by atoms with Crippen LogP contribution in [0.25, 0.3) is 0 Å². The minimum absolute atomic E-state index is 0.000491. The maximum Gasteiger partial charge on any atom is 0.269 e. The third-order valence-electron chi connectivity index (χ3n) is 3.79. The van der Waals surface area contributed by atoms with Crippen LogP contribution in [0.5, 0.6) is 5.75 Å². The number of amides is 1. The van der Waals surface area contributed by atoms with Crippen molar-refractivity contribution in [3.8, 4) is 5.75 Å². The molecule has 7 nitrogen and oxygen atoms in total. The van der Waals surface area contributed by atoms with Crippen LogP contribution in [0.2, 0.25) is 5.15 Å². The zero-order valence-corrected chi connectivity index (χ0v) is 14.0. The highest BCUT2D eigenvalue weighted by Crippen LogP contribution is 2.22. The maximum absolute atomic E-state index is 11.7. The number of halogens is 1. The van der Waals surface area contributed by atoms with E-state index in [0.29, 0.717) is 23.1 Å². The van der Waals surface area contributed by atoms with Crippen molar-refractivity contribution in [1.29, 1.82) is 0 Å². The molecule has 1 aliphatic heterocycles. The number of hydrogen-bond donors (Lipinski definition) is 1. The van der Waals surface area contributed by atoms with Crippen molar-refractivity contribution in [3.63, 3.8) is 0 Å². The number of rotatable bonds is 4. The standard InChI is InChI=1S/C16H18ClN5O2/c1-18-16(23)13-7-11(4-5-20-13)24-12-3-2-6-22(10-12)15-9-19-8-14(17)21-15/h4-5,7-9,12H,2-3,6,10H2,1H3,(H,18,23)/t12-/m1/s1. The van der Waals surface area contributed by atoms with E-state index in [9.17, 15) is 4.79 Å². The van der Waals surface area contributed by atoms with Crippen LogP contribution in [-0.4, -0.2) is 47.1 Å². The molecule has 3 rings (SSSR count). The monoisotopic (exact) mass is 347 g/mol. The lowest BCUT2D eigenvalue weighted by atomic mass is 10.1. The average molecular weight is 348 g/mol. The van der Waals surface area contributed by atoms with Gasteiger partial charge in [0.1, 0.15) is 28.5 Å². The minimum Gasteiger partial charge on any atom is -0.488 e. The largest absolute Gasteiger partial charge is 0.488 e. The van der Waals surface area contributed by atoms with Crippen molar-refractivity contribution >= 4 is 23.3 Å². The van der Waals surface area contributed by atoms with Crippen molar-refractivity contribution in [2.75, 3.05) is 25.0 Å². The van der Waals surface area contributed by atoms with Gasteiger partial charge in [0.05, 0.1) is 18.9 Å². The smallest absolute Gasteiger partial charge is 0.269 e. The number of piperidine rings is 1. The van der Waals surface area contributed by atoms with Gasteiger partial charge >= 0.3 is 0 Å². The van der Waals surface area contributed by atoms with Gasteiger partial charge in [0, 0.05) is 25.9 Å². The van der Waals surface area contributed by atoms with Crippen molar-refractivity contribution in [2.45, 2.75) is 18.9 Å². The molecular weight excluding hydrogens is 330 g/mol. The second-order valence-electron chi connectivity index (χ2n) is 5.48. The fourth-order valence-corrected chi connectivity index (χ4v) is 2.80. The summed E-state index contributed by atoms with van der Waals surface area (Å²) in [7, 11) is 1.57. The highest BCUT2D eigenvalue weighted by Gasteiger charge is 2.23. The summed E-state index contributed by atoms with van der Waals surface area (Å²) >= 11 is 5.91. The lowest BCUT2D eigenvalue weighted by molar-refractivity contribution is 0.0957. The van der Waals surface area contributed by atoms with E-state index in [1.165, 1.54) is 6.20 Å². The molecule has 0 saturated carbocycles. The molecule has 1 saturated heterocycles. The molecule has 0 unspecified atom stereocenters. The van der Waals surface area contributed by atoms with Gasteiger partial charge < -0.3 is 15.0 Å². The lowest BCUT2D eigenvalue weighted by Crippen LogP contribution is -2.41. The molecule has 8 heteroatoms. The molecule has 2 aromatic heterocycles. The van der Waals surface area contributed by atoms with Crippen molar-refractivity contribution in [3.05, 3.63) is 41.6 Å². The second-order valence-corrected chi connectivity index (χ2v) is 5.87. The topological polar surface area (TPSA) is 80.2 Å². The molecule has 1 amide bonds. The summed E-state index contributed by atoms with van der Waals surface area (Å²) in [4.78, 5) is 26.2. The summed E-state index contributed by atoms with van der Waals surface area (Å²) in [5.74, 6) is 1.14. The van der Waals surface area contributed by atoms with Crippen LogP contribution in [-0.2, 0) is 0 Å². The molecule has 2 aromatic rings. The summed E-state index contributed by atoms with van der Waals surface area (Å²) in [5, 5.41) is 2.93. The van der Waals surface area contributed by atoms with Gasteiger partial charge in [-0.2, -0.15) is 0 Å². The van der Waals surface area contributed by atoms with Gasteiger partial charge in [0.15, 0.2) is 0 Å². The molecule has 24 heavy (non-hydrogen) atoms. The number of nitrogens with zero attached hydrogens (tertiary/aromatic N) is 4. The first-order chi connectivity index (χ1) is 11.7. The van der Waals surface area contributed by atoms with Gasteiger partial charge in [0.2, 0.25) is 0 Å². The van der Waals surface area contributed by atoms with Crippen LogP contribution >= 0.6 is 11.6 Å². The Morgan fingerprint density at radius 1 is 1.46 bits per heavy atom. The maximum atomic E-state index is 11.7. The first-order valence-corrected chi connectivity index (χ1v) is 8.11. The van der Waals surface area contributed by atoms with Crippen molar-refractivity contribution in [2.24, 2.45) is 0 Å². The van der Waals surface area contributed by atoms with E-state index >= 15 is 0 Å². The molecule has 0 aliphatic carbocycles. The van der Waals surface area contributed by atoms with Crippen molar-refractivity contribution < 1.29 is 9.53 Å². The van der Waals surface area contributed by atoms with E-state index in [-0.39, 0.29) is 12.0 Å². The summed E-state index contributed by atoms with van der Waals surface area (Å²) in [6.45, 7) is 1.57. The molecule has 0 aromatic carbocycles. The van der Waals surface area contributed by atoms with Crippen LogP contribution in [0.3, 0.4) is 0 Å². The van der Waals surface area contributed by atoms with E-state index < -0.39 is 0 Å². The number of aromatic nitrogens is 3. The minimum atomic E-state index is -0.236. The first-order valence-electron chi connectivity index (χ1n) is 7.73. The number of carbonyl (C=O) groups is 1. The predicted octanol–water partition coefficient (Wildman–Crippen LogP) is 1.93. The molecule has 0 radical (unpaired) electrons. The molecule has 0 spiro atoms. The van der Waals surface area contributed by atoms with Gasteiger partial charge in [-0.3, -0.25) is 14.8 Å². The van der Waals surface area contributed by atoms with Gasteiger partial charge in [-0.15, -0.1) is 0 Å². The van der Waals surface area contributed by atoms with Gasteiger partial charge in [0.25, 0.3) is 5.91 Å². The normalized spacial score (nSPS) is 17.4. The van der Waals surface area contributed by atoms with Gasteiger partial charge in [-0.1, -0.05) is 11.6 Å². The number of ether oxygens (including phenoxy) is 1. The number of pyridine rings is 1. The van der Waals surface area contributed by atoms with E-state index in [0.717, 1.165) is 25.2 Å². The van der Waals surface area contributed by atoms with E-state index in [1.54, 1.807) is 31.6 Å². The van der Waals surface area contributed by atoms with Crippen LogP contribution in [0, 0.1) is 0 Å².